The van der Waals surface area contributed by atoms with Crippen molar-refractivity contribution in [2.45, 2.75) is 26.5 Å². The Kier molecular flexibility index (Phi) is 8.74. The second-order valence-corrected chi connectivity index (χ2v) is 8.28. The number of carbonyl (C=O) groups is 1. The normalized spacial score (nSPS) is 16.5. The molecule has 1 saturated heterocycles. The summed E-state index contributed by atoms with van der Waals surface area (Å²) in [4.78, 5) is 17.0. The minimum Gasteiger partial charge on any atom is -0.493 e. The summed E-state index contributed by atoms with van der Waals surface area (Å²) >= 11 is 0. The topological polar surface area (TPSA) is 54.0 Å². The molecule has 1 fully saturated rings. The molecule has 1 heterocycles. The first-order valence-electron chi connectivity index (χ1n) is 11.1. The molecule has 3 rings (SSSR count). The highest BCUT2D eigenvalue weighted by Crippen LogP contribution is 2.29. The predicted molar refractivity (Wildman–Crippen MR) is 123 cm³/mol. The van der Waals surface area contributed by atoms with E-state index in [0.29, 0.717) is 37.1 Å². The van der Waals surface area contributed by atoms with Gasteiger partial charge in [-0.15, -0.1) is 0 Å². The molecule has 168 valence electrons. The summed E-state index contributed by atoms with van der Waals surface area (Å²) in [6, 6.07) is 15.8. The maximum Gasteiger partial charge on any atom is 0.234 e. The molecular formula is C25H35N3O3. The minimum absolute atomic E-state index is 0.0628. The van der Waals surface area contributed by atoms with Crippen molar-refractivity contribution in [3.05, 3.63) is 59.7 Å². The number of carbonyl (C=O) groups excluding carboxylic acids is 1. The van der Waals surface area contributed by atoms with Gasteiger partial charge >= 0.3 is 0 Å². The summed E-state index contributed by atoms with van der Waals surface area (Å²) in [5.74, 6) is 2.09. The number of hydrogen-bond acceptors (Lipinski definition) is 5. The van der Waals surface area contributed by atoms with E-state index in [0.717, 1.165) is 37.3 Å². The molecule has 1 N–H and O–H groups in total. The monoisotopic (exact) mass is 425 g/mol. The van der Waals surface area contributed by atoms with Crippen LogP contribution in [0.3, 0.4) is 0 Å². The van der Waals surface area contributed by atoms with E-state index in [-0.39, 0.29) is 5.91 Å². The van der Waals surface area contributed by atoms with Crippen LogP contribution in [-0.2, 0) is 17.9 Å². The molecule has 31 heavy (non-hydrogen) atoms. The quantitative estimate of drug-likeness (QED) is 0.599. The van der Waals surface area contributed by atoms with Crippen molar-refractivity contribution < 1.29 is 14.3 Å². The lowest BCUT2D eigenvalue weighted by molar-refractivity contribution is -0.122. The van der Waals surface area contributed by atoms with Crippen LogP contribution in [0, 0.1) is 5.92 Å². The van der Waals surface area contributed by atoms with Crippen LogP contribution in [-0.4, -0.2) is 62.6 Å². The Bertz CT molecular complexity index is 828. The fourth-order valence-electron chi connectivity index (χ4n) is 3.91. The smallest absolute Gasteiger partial charge is 0.234 e. The van der Waals surface area contributed by atoms with Gasteiger partial charge in [-0.1, -0.05) is 43.3 Å². The van der Waals surface area contributed by atoms with Gasteiger partial charge in [0.25, 0.3) is 0 Å². The van der Waals surface area contributed by atoms with Crippen LogP contribution in [0.4, 0.5) is 0 Å². The molecule has 6 nitrogen and oxygen atoms in total. The van der Waals surface area contributed by atoms with E-state index < -0.39 is 0 Å². The predicted octanol–water partition coefficient (Wildman–Crippen LogP) is 3.16. The number of nitrogens with one attached hydrogen (secondary N) is 1. The van der Waals surface area contributed by atoms with Gasteiger partial charge in [-0.25, -0.2) is 0 Å². The second-order valence-electron chi connectivity index (χ2n) is 8.28. The summed E-state index contributed by atoms with van der Waals surface area (Å²) in [7, 11) is 3.79. The average molecular weight is 426 g/mol. The fraction of sp³-hybridized carbons (Fsp3) is 0.480. The Labute approximate surface area is 186 Å². The molecule has 0 aromatic heterocycles. The lowest BCUT2D eigenvalue weighted by atomic mass is 10.1. The SMILES string of the molecule is CCN(C)C[C@H]1CCN(CC(=O)NCc2ccc(OCc3ccccc3)c(OC)c2)C1. The van der Waals surface area contributed by atoms with Gasteiger partial charge in [-0.2, -0.15) is 0 Å². The largest absolute Gasteiger partial charge is 0.493 e. The Morgan fingerprint density at radius 2 is 1.97 bits per heavy atom. The Balaban J connectivity index is 1.45. The number of rotatable bonds is 11. The Morgan fingerprint density at radius 1 is 1.16 bits per heavy atom. The first kappa shape index (κ1) is 23.1. The molecule has 6 heteroatoms. The summed E-state index contributed by atoms with van der Waals surface area (Å²) in [6.45, 7) is 7.76. The van der Waals surface area contributed by atoms with Crippen LogP contribution in [0.15, 0.2) is 48.5 Å². The van der Waals surface area contributed by atoms with Crippen molar-refractivity contribution in [3.63, 3.8) is 0 Å². The number of nitrogens with zero attached hydrogens (tertiary/aromatic N) is 2. The standard InChI is InChI=1S/C25H35N3O3/c1-4-27(2)16-22-12-13-28(17-22)18-25(29)26-15-21-10-11-23(24(14-21)30-3)31-19-20-8-6-5-7-9-20/h5-11,14,22H,4,12-13,15-19H2,1-3H3,(H,26,29)/t22-/m1/s1. The first-order chi connectivity index (χ1) is 15.1. The van der Waals surface area contributed by atoms with Crippen LogP contribution in [0.5, 0.6) is 11.5 Å². The van der Waals surface area contributed by atoms with E-state index in [1.165, 1.54) is 6.42 Å². The van der Waals surface area contributed by atoms with Gasteiger partial charge in [0.15, 0.2) is 11.5 Å². The van der Waals surface area contributed by atoms with Gasteiger partial charge in [-0.3, -0.25) is 9.69 Å². The molecule has 0 spiro atoms. The molecule has 2 aromatic rings. The van der Waals surface area contributed by atoms with Gasteiger partial charge in [0.2, 0.25) is 5.91 Å². The van der Waals surface area contributed by atoms with Gasteiger partial charge in [0, 0.05) is 19.6 Å². The molecular weight excluding hydrogens is 390 g/mol. The lowest BCUT2D eigenvalue weighted by Gasteiger charge is -2.20. The lowest BCUT2D eigenvalue weighted by Crippen LogP contribution is -2.36. The van der Waals surface area contributed by atoms with Crippen molar-refractivity contribution in [3.8, 4) is 11.5 Å². The molecule has 0 radical (unpaired) electrons. The molecule has 0 saturated carbocycles. The molecule has 1 aliphatic rings. The summed E-state index contributed by atoms with van der Waals surface area (Å²) < 4.78 is 11.4. The fourth-order valence-corrected chi connectivity index (χ4v) is 3.91. The van der Waals surface area contributed by atoms with E-state index in [4.69, 9.17) is 9.47 Å². The van der Waals surface area contributed by atoms with Gasteiger partial charge < -0.3 is 19.7 Å². The van der Waals surface area contributed by atoms with E-state index in [1.807, 2.05) is 48.5 Å². The van der Waals surface area contributed by atoms with Gasteiger partial charge in [-0.05, 0) is 55.7 Å². The highest BCUT2D eigenvalue weighted by Gasteiger charge is 2.24. The summed E-state index contributed by atoms with van der Waals surface area (Å²) in [5, 5.41) is 3.03. The average Bonchev–Trinajstić information content (AvgIpc) is 3.23. The number of hydrogen-bond donors (Lipinski definition) is 1. The third-order valence-electron chi connectivity index (χ3n) is 5.80. The minimum atomic E-state index is 0.0628. The Morgan fingerprint density at radius 3 is 2.71 bits per heavy atom. The van der Waals surface area contributed by atoms with Crippen LogP contribution < -0.4 is 14.8 Å². The highest BCUT2D eigenvalue weighted by atomic mass is 16.5. The van der Waals surface area contributed by atoms with Crippen molar-refractivity contribution in [1.82, 2.24) is 15.1 Å². The van der Waals surface area contributed by atoms with Crippen LogP contribution in [0.25, 0.3) is 0 Å². The zero-order chi connectivity index (χ0) is 22.1. The van der Waals surface area contributed by atoms with Crippen LogP contribution >= 0.6 is 0 Å². The van der Waals surface area contributed by atoms with E-state index in [9.17, 15) is 4.79 Å². The molecule has 1 aliphatic heterocycles. The number of benzene rings is 2. The molecule has 1 amide bonds. The van der Waals surface area contributed by atoms with Crippen molar-refractivity contribution in [2.75, 3.05) is 46.9 Å². The van der Waals surface area contributed by atoms with Crippen molar-refractivity contribution in [1.29, 1.82) is 0 Å². The maximum atomic E-state index is 12.4. The molecule has 1 atom stereocenters. The zero-order valence-electron chi connectivity index (χ0n) is 19.0. The zero-order valence-corrected chi connectivity index (χ0v) is 19.0. The van der Waals surface area contributed by atoms with Crippen molar-refractivity contribution >= 4 is 5.91 Å². The van der Waals surface area contributed by atoms with Gasteiger partial charge in [0.05, 0.1) is 13.7 Å². The molecule has 0 bridgehead atoms. The molecule has 2 aromatic carbocycles. The Hall–Kier alpha value is -2.57. The highest BCUT2D eigenvalue weighted by molar-refractivity contribution is 5.78. The van der Waals surface area contributed by atoms with E-state index >= 15 is 0 Å². The maximum absolute atomic E-state index is 12.4. The first-order valence-corrected chi connectivity index (χ1v) is 11.1. The van der Waals surface area contributed by atoms with Crippen molar-refractivity contribution in [2.24, 2.45) is 5.92 Å². The molecule has 0 aliphatic carbocycles. The number of ether oxygens (including phenoxy) is 2. The molecule has 0 unspecified atom stereocenters. The van der Waals surface area contributed by atoms with Crippen LogP contribution in [0.2, 0.25) is 0 Å². The summed E-state index contributed by atoms with van der Waals surface area (Å²) in [5.41, 5.74) is 2.09. The number of methoxy groups -OCH3 is 1. The van der Waals surface area contributed by atoms with E-state index in [1.54, 1.807) is 7.11 Å². The van der Waals surface area contributed by atoms with Crippen LogP contribution in [0.1, 0.15) is 24.5 Å². The number of likely N-dealkylation sites (tertiary alicyclic amines) is 1. The summed E-state index contributed by atoms with van der Waals surface area (Å²) in [6.07, 6.45) is 1.17. The van der Waals surface area contributed by atoms with Gasteiger partial charge in [0.1, 0.15) is 6.61 Å². The third-order valence-corrected chi connectivity index (χ3v) is 5.80. The number of amides is 1. The second kappa shape index (κ2) is 11.7. The third kappa shape index (κ3) is 7.26. The van der Waals surface area contributed by atoms with E-state index in [2.05, 4.69) is 29.1 Å².